The van der Waals surface area contributed by atoms with E-state index in [-0.39, 0.29) is 12.6 Å². The van der Waals surface area contributed by atoms with E-state index in [0.717, 1.165) is 24.5 Å². The molecule has 2 heterocycles. The maximum Gasteiger partial charge on any atom is 0.159 e. The Hall–Kier alpha value is -1.34. The van der Waals surface area contributed by atoms with Crippen LogP contribution in [0.3, 0.4) is 0 Å². The third-order valence-electron chi connectivity index (χ3n) is 4.96. The third-order valence-corrected chi connectivity index (χ3v) is 4.96. The van der Waals surface area contributed by atoms with Gasteiger partial charge in [-0.25, -0.2) is 8.78 Å². The average molecular weight is 382 g/mol. The van der Waals surface area contributed by atoms with E-state index in [1.54, 1.807) is 6.07 Å². The first-order valence-corrected chi connectivity index (χ1v) is 9.67. The van der Waals surface area contributed by atoms with Gasteiger partial charge in [0, 0.05) is 18.3 Å². The van der Waals surface area contributed by atoms with Gasteiger partial charge in [0.1, 0.15) is 0 Å². The van der Waals surface area contributed by atoms with Crippen molar-refractivity contribution >= 4 is 0 Å². The highest BCUT2D eigenvalue weighted by molar-refractivity contribution is 5.17. The number of aryl methyl sites for hydroxylation is 1. The van der Waals surface area contributed by atoms with E-state index in [9.17, 15) is 8.78 Å². The molecule has 4 nitrogen and oxygen atoms in total. The fourth-order valence-corrected chi connectivity index (χ4v) is 3.38. The Kier molecular flexibility index (Phi) is 7.76. The van der Waals surface area contributed by atoms with Crippen molar-refractivity contribution in [1.82, 2.24) is 0 Å². The molecule has 0 saturated carbocycles. The molecule has 0 unspecified atom stereocenters. The summed E-state index contributed by atoms with van der Waals surface area (Å²) >= 11 is 0. The quantitative estimate of drug-likeness (QED) is 0.662. The first kappa shape index (κ1) is 20.4. The smallest absolute Gasteiger partial charge is 0.159 e. The van der Waals surface area contributed by atoms with Crippen LogP contribution in [0.2, 0.25) is 0 Å². The summed E-state index contributed by atoms with van der Waals surface area (Å²) in [5, 5.41) is 0. The lowest BCUT2D eigenvalue weighted by atomic mass is 10.0. The van der Waals surface area contributed by atoms with E-state index < -0.39 is 11.6 Å². The average Bonchev–Trinajstić information content (AvgIpc) is 2.69. The number of ether oxygens (including phenoxy) is 4. The van der Waals surface area contributed by atoms with E-state index in [1.807, 2.05) is 13.0 Å². The normalized spacial score (nSPS) is 29.3. The topological polar surface area (TPSA) is 36.9 Å². The number of hydrogen-bond donors (Lipinski definition) is 0. The largest absolute Gasteiger partial charge is 0.352 e. The van der Waals surface area contributed by atoms with Crippen molar-refractivity contribution in [3.05, 3.63) is 47.5 Å². The maximum atomic E-state index is 13.2. The van der Waals surface area contributed by atoms with Gasteiger partial charge in [0.25, 0.3) is 0 Å². The summed E-state index contributed by atoms with van der Waals surface area (Å²) < 4.78 is 49.2. The predicted molar refractivity (Wildman–Crippen MR) is 97.1 cm³/mol. The van der Waals surface area contributed by atoms with Gasteiger partial charge >= 0.3 is 0 Å². The molecule has 0 radical (unpaired) electrons. The second kappa shape index (κ2) is 10.3. The van der Waals surface area contributed by atoms with Crippen LogP contribution in [0, 0.1) is 23.5 Å². The minimum atomic E-state index is -0.824. The molecule has 2 saturated heterocycles. The number of hydrogen-bond acceptors (Lipinski definition) is 4. The maximum absolute atomic E-state index is 13.2. The van der Waals surface area contributed by atoms with Crippen LogP contribution in [0.1, 0.15) is 31.7 Å². The lowest BCUT2D eigenvalue weighted by Gasteiger charge is -2.32. The number of rotatable bonds is 7. The molecule has 2 fully saturated rings. The zero-order valence-electron chi connectivity index (χ0n) is 15.7. The van der Waals surface area contributed by atoms with E-state index in [0.29, 0.717) is 51.1 Å². The molecule has 6 heteroatoms. The van der Waals surface area contributed by atoms with E-state index >= 15 is 0 Å². The van der Waals surface area contributed by atoms with Crippen LogP contribution >= 0.6 is 0 Å². The Bertz CT molecular complexity index is 606. The van der Waals surface area contributed by atoms with Crippen LogP contribution in [0.4, 0.5) is 8.78 Å². The molecule has 0 bridgehead atoms. The van der Waals surface area contributed by atoms with Crippen LogP contribution in [-0.4, -0.2) is 39.0 Å². The van der Waals surface area contributed by atoms with Crippen molar-refractivity contribution in [1.29, 1.82) is 0 Å². The molecule has 0 atom stereocenters. The zero-order valence-corrected chi connectivity index (χ0v) is 15.7. The summed E-state index contributed by atoms with van der Waals surface area (Å²) in [7, 11) is 0. The Morgan fingerprint density at radius 3 is 2.22 bits per heavy atom. The van der Waals surface area contributed by atoms with Gasteiger partial charge in [0.2, 0.25) is 0 Å². The molecule has 0 N–H and O–H groups in total. The van der Waals surface area contributed by atoms with Crippen molar-refractivity contribution in [2.24, 2.45) is 11.8 Å². The molecule has 27 heavy (non-hydrogen) atoms. The Balaban J connectivity index is 1.30. The Labute approximate surface area is 159 Å². The summed E-state index contributed by atoms with van der Waals surface area (Å²) in [6, 6.07) is 3.97. The predicted octanol–water partition coefficient (Wildman–Crippen LogP) is 4.23. The molecule has 2 aliphatic rings. The Morgan fingerprint density at radius 1 is 0.889 bits per heavy atom. The first-order valence-electron chi connectivity index (χ1n) is 9.67. The summed E-state index contributed by atoms with van der Waals surface area (Å²) in [6.07, 6.45) is 6.67. The van der Waals surface area contributed by atoms with Crippen LogP contribution in [0.15, 0.2) is 30.4 Å². The molecule has 1 aromatic carbocycles. The second-order valence-electron chi connectivity index (χ2n) is 7.21. The van der Waals surface area contributed by atoms with Gasteiger partial charge in [0.15, 0.2) is 24.2 Å². The molecule has 0 aliphatic carbocycles. The highest BCUT2D eigenvalue weighted by Gasteiger charge is 2.25. The van der Waals surface area contributed by atoms with Gasteiger partial charge in [-0.2, -0.15) is 0 Å². The molecular formula is C21H28F2O4. The van der Waals surface area contributed by atoms with Crippen LogP contribution in [0.5, 0.6) is 0 Å². The zero-order chi connectivity index (χ0) is 19.1. The molecule has 150 valence electrons. The summed E-state index contributed by atoms with van der Waals surface area (Å²) in [4.78, 5) is 0. The minimum absolute atomic E-state index is 0.141. The standard InChI is InChI=1S/C21H28F2O4/c1-2-3-16-11-24-21(25-12-16)9-6-17-13-26-20(27-14-17)8-5-15-4-7-18(22)19(23)10-15/h2-4,7,10,16-17,20-21H,5-6,8-9,11-14H2,1H3. The number of halogens is 2. The lowest BCUT2D eigenvalue weighted by molar-refractivity contribution is -0.215. The van der Waals surface area contributed by atoms with E-state index in [1.165, 1.54) is 6.07 Å². The second-order valence-corrected chi connectivity index (χ2v) is 7.21. The Morgan fingerprint density at radius 2 is 1.56 bits per heavy atom. The van der Waals surface area contributed by atoms with Crippen molar-refractivity contribution in [2.75, 3.05) is 26.4 Å². The van der Waals surface area contributed by atoms with Crippen LogP contribution in [0.25, 0.3) is 0 Å². The van der Waals surface area contributed by atoms with Gasteiger partial charge in [-0.05, 0) is 43.9 Å². The van der Waals surface area contributed by atoms with E-state index in [4.69, 9.17) is 18.9 Å². The molecular weight excluding hydrogens is 354 g/mol. The molecule has 3 rings (SSSR count). The highest BCUT2D eigenvalue weighted by atomic mass is 19.2. The third kappa shape index (κ3) is 6.35. The van der Waals surface area contributed by atoms with Crippen LogP contribution < -0.4 is 0 Å². The fourth-order valence-electron chi connectivity index (χ4n) is 3.38. The first-order chi connectivity index (χ1) is 13.1. The molecule has 0 aromatic heterocycles. The minimum Gasteiger partial charge on any atom is -0.352 e. The van der Waals surface area contributed by atoms with Crippen molar-refractivity contribution < 1.29 is 27.7 Å². The summed E-state index contributed by atoms with van der Waals surface area (Å²) in [5.74, 6) is -0.967. The van der Waals surface area contributed by atoms with Crippen LogP contribution in [-0.2, 0) is 25.4 Å². The van der Waals surface area contributed by atoms with E-state index in [2.05, 4.69) is 6.08 Å². The SMILES string of the molecule is CC=CC1COC(CCC2COC(CCc3ccc(F)c(F)c3)OC2)OC1. The molecule has 1 aromatic rings. The lowest BCUT2D eigenvalue weighted by Crippen LogP contribution is -2.35. The number of benzene rings is 1. The van der Waals surface area contributed by atoms with Gasteiger partial charge in [-0.1, -0.05) is 18.2 Å². The van der Waals surface area contributed by atoms with Crippen molar-refractivity contribution in [3.8, 4) is 0 Å². The summed E-state index contributed by atoms with van der Waals surface area (Å²) in [5.41, 5.74) is 0.742. The number of allylic oxidation sites excluding steroid dienone is 1. The molecule has 0 amide bonds. The van der Waals surface area contributed by atoms with Crippen molar-refractivity contribution in [3.63, 3.8) is 0 Å². The van der Waals surface area contributed by atoms with Gasteiger partial charge < -0.3 is 18.9 Å². The fraction of sp³-hybridized carbons (Fsp3) is 0.619. The monoisotopic (exact) mass is 382 g/mol. The highest BCUT2D eigenvalue weighted by Crippen LogP contribution is 2.23. The van der Waals surface area contributed by atoms with Crippen molar-refractivity contribution in [2.45, 2.75) is 45.2 Å². The van der Waals surface area contributed by atoms with Gasteiger partial charge in [-0.15, -0.1) is 0 Å². The molecule has 0 spiro atoms. The van der Waals surface area contributed by atoms with Gasteiger partial charge in [-0.3, -0.25) is 0 Å². The molecule has 2 aliphatic heterocycles. The summed E-state index contributed by atoms with van der Waals surface area (Å²) in [6.45, 7) is 4.69. The van der Waals surface area contributed by atoms with Gasteiger partial charge in [0.05, 0.1) is 26.4 Å².